The fourth-order valence-corrected chi connectivity index (χ4v) is 1.38. The van der Waals surface area contributed by atoms with Crippen molar-refractivity contribution in [2.24, 2.45) is 0 Å². The van der Waals surface area contributed by atoms with Gasteiger partial charge in [0.1, 0.15) is 0 Å². The van der Waals surface area contributed by atoms with Gasteiger partial charge in [0.2, 0.25) is 11.8 Å². The van der Waals surface area contributed by atoms with Gasteiger partial charge < -0.3 is 15.5 Å². The third-order valence-electron chi connectivity index (χ3n) is 2.31. The van der Waals surface area contributed by atoms with Crippen molar-refractivity contribution in [2.45, 2.75) is 27.2 Å². The molecule has 0 heterocycles. The molecule has 0 aromatic carbocycles. The summed E-state index contributed by atoms with van der Waals surface area (Å²) in [6, 6.07) is 0. The third kappa shape index (κ3) is 7.23. The molecule has 0 aromatic heterocycles. The lowest BCUT2D eigenvalue weighted by molar-refractivity contribution is -0.130. The zero-order valence-electron chi connectivity index (χ0n) is 10.5. The fourth-order valence-electron chi connectivity index (χ4n) is 1.38. The summed E-state index contributed by atoms with van der Waals surface area (Å²) in [5.41, 5.74) is 0. The first kappa shape index (κ1) is 14.9. The Morgan fingerprint density at radius 1 is 1.06 bits per heavy atom. The van der Waals surface area contributed by atoms with E-state index in [0.717, 1.165) is 13.1 Å². The minimum atomic E-state index is -0.0268. The average Bonchev–Trinajstić information content (AvgIpc) is 2.24. The standard InChI is InChI=1S/C11H23N3O2/c1-4-14(5-2)11(16)6-7-12-8-9-13-10(3)15/h12H,4-9H2,1-3H3,(H,13,15). The molecule has 0 spiro atoms. The van der Waals surface area contributed by atoms with E-state index in [0.29, 0.717) is 26.1 Å². The topological polar surface area (TPSA) is 61.4 Å². The van der Waals surface area contributed by atoms with Crippen LogP contribution in [0, 0.1) is 0 Å². The first-order chi connectivity index (χ1) is 7.61. The van der Waals surface area contributed by atoms with Gasteiger partial charge in [-0.2, -0.15) is 0 Å². The molecule has 16 heavy (non-hydrogen) atoms. The van der Waals surface area contributed by atoms with Gasteiger partial charge in [0, 0.05) is 46.1 Å². The van der Waals surface area contributed by atoms with Crippen LogP contribution in [0.4, 0.5) is 0 Å². The lowest BCUT2D eigenvalue weighted by Crippen LogP contribution is -2.35. The molecule has 94 valence electrons. The molecule has 0 bridgehead atoms. The van der Waals surface area contributed by atoms with Gasteiger partial charge in [-0.1, -0.05) is 0 Å². The van der Waals surface area contributed by atoms with Crippen LogP contribution in [0.2, 0.25) is 0 Å². The molecule has 0 saturated carbocycles. The Bertz CT molecular complexity index is 215. The molecule has 2 N–H and O–H groups in total. The molecule has 0 atom stereocenters. The minimum absolute atomic E-state index is 0.0268. The van der Waals surface area contributed by atoms with E-state index in [4.69, 9.17) is 0 Å². The molecule has 0 aliphatic heterocycles. The van der Waals surface area contributed by atoms with Gasteiger partial charge in [0.25, 0.3) is 0 Å². The second kappa shape index (κ2) is 9.15. The second-order valence-electron chi connectivity index (χ2n) is 3.55. The molecule has 0 aromatic rings. The molecule has 0 rings (SSSR count). The highest BCUT2D eigenvalue weighted by Crippen LogP contribution is 1.92. The van der Waals surface area contributed by atoms with E-state index in [2.05, 4.69) is 10.6 Å². The first-order valence-electron chi connectivity index (χ1n) is 5.84. The molecule has 0 unspecified atom stereocenters. The molecule has 0 aliphatic rings. The third-order valence-corrected chi connectivity index (χ3v) is 2.31. The molecular formula is C11H23N3O2. The Morgan fingerprint density at radius 3 is 2.19 bits per heavy atom. The largest absolute Gasteiger partial charge is 0.355 e. The summed E-state index contributed by atoms with van der Waals surface area (Å²) in [4.78, 5) is 23.9. The predicted molar refractivity (Wildman–Crippen MR) is 64.1 cm³/mol. The summed E-state index contributed by atoms with van der Waals surface area (Å²) in [5.74, 6) is 0.151. The zero-order valence-corrected chi connectivity index (χ0v) is 10.5. The van der Waals surface area contributed by atoms with Crippen LogP contribution in [-0.4, -0.2) is 49.4 Å². The molecule has 0 fully saturated rings. The summed E-state index contributed by atoms with van der Waals surface area (Å²) < 4.78 is 0. The van der Waals surface area contributed by atoms with Gasteiger partial charge in [-0.25, -0.2) is 0 Å². The van der Waals surface area contributed by atoms with Gasteiger partial charge in [-0.15, -0.1) is 0 Å². The van der Waals surface area contributed by atoms with Crippen molar-refractivity contribution in [3.8, 4) is 0 Å². The van der Waals surface area contributed by atoms with Crippen LogP contribution in [0.5, 0.6) is 0 Å². The maximum Gasteiger partial charge on any atom is 0.223 e. The number of hydrogen-bond donors (Lipinski definition) is 2. The van der Waals surface area contributed by atoms with E-state index < -0.39 is 0 Å². The Labute approximate surface area is 97.6 Å². The van der Waals surface area contributed by atoms with Gasteiger partial charge in [0.05, 0.1) is 0 Å². The van der Waals surface area contributed by atoms with Crippen LogP contribution in [0.15, 0.2) is 0 Å². The SMILES string of the molecule is CCN(CC)C(=O)CCNCCNC(C)=O. The van der Waals surface area contributed by atoms with E-state index >= 15 is 0 Å². The van der Waals surface area contributed by atoms with E-state index in [1.807, 2.05) is 18.7 Å². The number of amides is 2. The van der Waals surface area contributed by atoms with Gasteiger partial charge in [0.15, 0.2) is 0 Å². The number of carbonyl (C=O) groups excluding carboxylic acids is 2. The maximum absolute atomic E-state index is 11.6. The van der Waals surface area contributed by atoms with Crippen molar-refractivity contribution in [2.75, 3.05) is 32.7 Å². The molecular weight excluding hydrogens is 206 g/mol. The molecule has 0 saturated heterocycles. The Hall–Kier alpha value is -1.10. The van der Waals surface area contributed by atoms with Crippen LogP contribution >= 0.6 is 0 Å². The Morgan fingerprint density at radius 2 is 1.69 bits per heavy atom. The average molecular weight is 229 g/mol. The number of rotatable bonds is 8. The predicted octanol–water partition coefficient (Wildman–Crippen LogP) is -0.0294. The normalized spacial score (nSPS) is 9.94. The second-order valence-corrected chi connectivity index (χ2v) is 3.55. The van der Waals surface area contributed by atoms with Crippen LogP contribution in [0.1, 0.15) is 27.2 Å². The molecule has 2 amide bonds. The number of nitrogens with zero attached hydrogens (tertiary/aromatic N) is 1. The monoisotopic (exact) mass is 229 g/mol. The molecule has 0 aliphatic carbocycles. The van der Waals surface area contributed by atoms with Gasteiger partial charge >= 0.3 is 0 Å². The lowest BCUT2D eigenvalue weighted by Gasteiger charge is -2.18. The quantitative estimate of drug-likeness (QED) is 0.575. The van der Waals surface area contributed by atoms with Gasteiger partial charge in [-0.05, 0) is 13.8 Å². The van der Waals surface area contributed by atoms with Crippen molar-refractivity contribution < 1.29 is 9.59 Å². The van der Waals surface area contributed by atoms with Crippen molar-refractivity contribution in [3.63, 3.8) is 0 Å². The van der Waals surface area contributed by atoms with Crippen LogP contribution in [0.3, 0.4) is 0 Å². The summed E-state index contributed by atoms with van der Waals surface area (Å²) in [6.07, 6.45) is 0.516. The van der Waals surface area contributed by atoms with Crippen molar-refractivity contribution in [1.29, 1.82) is 0 Å². The van der Waals surface area contributed by atoms with E-state index in [9.17, 15) is 9.59 Å². The van der Waals surface area contributed by atoms with Gasteiger partial charge in [-0.3, -0.25) is 9.59 Å². The number of hydrogen-bond acceptors (Lipinski definition) is 3. The molecule has 0 radical (unpaired) electrons. The van der Waals surface area contributed by atoms with E-state index in [1.54, 1.807) is 0 Å². The highest BCUT2D eigenvalue weighted by atomic mass is 16.2. The Kier molecular flexibility index (Phi) is 8.52. The maximum atomic E-state index is 11.6. The van der Waals surface area contributed by atoms with Crippen molar-refractivity contribution in [3.05, 3.63) is 0 Å². The highest BCUT2D eigenvalue weighted by molar-refractivity contribution is 5.76. The van der Waals surface area contributed by atoms with Crippen LogP contribution in [-0.2, 0) is 9.59 Å². The molecule has 5 nitrogen and oxygen atoms in total. The smallest absolute Gasteiger partial charge is 0.223 e. The Balaban J connectivity index is 3.44. The number of carbonyl (C=O) groups is 2. The summed E-state index contributed by atoms with van der Waals surface area (Å²) >= 11 is 0. The number of nitrogens with one attached hydrogen (secondary N) is 2. The van der Waals surface area contributed by atoms with E-state index in [-0.39, 0.29) is 11.8 Å². The first-order valence-corrected chi connectivity index (χ1v) is 5.84. The fraction of sp³-hybridized carbons (Fsp3) is 0.818. The van der Waals surface area contributed by atoms with Crippen LogP contribution in [0.25, 0.3) is 0 Å². The van der Waals surface area contributed by atoms with Crippen molar-refractivity contribution in [1.82, 2.24) is 15.5 Å². The molecule has 5 heteroatoms. The summed E-state index contributed by atoms with van der Waals surface area (Å²) in [7, 11) is 0. The summed E-state index contributed by atoms with van der Waals surface area (Å²) in [5, 5.41) is 5.79. The zero-order chi connectivity index (χ0) is 12.4. The minimum Gasteiger partial charge on any atom is -0.355 e. The van der Waals surface area contributed by atoms with Crippen molar-refractivity contribution >= 4 is 11.8 Å². The van der Waals surface area contributed by atoms with E-state index in [1.165, 1.54) is 6.92 Å². The lowest BCUT2D eigenvalue weighted by atomic mass is 10.3. The highest BCUT2D eigenvalue weighted by Gasteiger charge is 2.07. The van der Waals surface area contributed by atoms with Crippen LogP contribution < -0.4 is 10.6 Å². The summed E-state index contributed by atoms with van der Waals surface area (Å²) in [6.45, 7) is 8.94.